The Balaban J connectivity index is 1.50. The molecule has 0 heterocycles. The summed E-state index contributed by atoms with van der Waals surface area (Å²) in [5.74, 6) is -1.20. The maximum atomic E-state index is 12.9. The van der Waals surface area contributed by atoms with Crippen LogP contribution in [0.15, 0.2) is 96.8 Å². The summed E-state index contributed by atoms with van der Waals surface area (Å²) in [5, 5.41) is 14.4. The molecule has 0 aliphatic carbocycles. The number of nitrogens with zero attached hydrogens (tertiary/aromatic N) is 1. The van der Waals surface area contributed by atoms with Crippen LogP contribution in [0.3, 0.4) is 0 Å². The summed E-state index contributed by atoms with van der Waals surface area (Å²) in [6, 6.07) is 28.8. The SMILES string of the molecule is CCO/C(=C\c1ccc(-c2cccc(N(C)C(=O)Nc3ccc4ccccc4c3)c2)cc1)C(=O)O. The number of carbonyl (C=O) groups excluding carboxylic acids is 1. The Hall–Kier alpha value is -4.58. The van der Waals surface area contributed by atoms with Crippen LogP contribution in [-0.4, -0.2) is 30.8 Å². The first-order chi connectivity index (χ1) is 16.9. The molecule has 0 saturated carbocycles. The third-order valence-electron chi connectivity index (χ3n) is 5.59. The molecule has 0 aliphatic heterocycles. The van der Waals surface area contributed by atoms with Crippen LogP contribution in [0.2, 0.25) is 0 Å². The zero-order valence-electron chi connectivity index (χ0n) is 19.6. The summed E-state index contributed by atoms with van der Waals surface area (Å²) in [6.45, 7) is 2.02. The third kappa shape index (κ3) is 5.68. The molecule has 4 aromatic carbocycles. The van der Waals surface area contributed by atoms with Gasteiger partial charge in [-0.1, -0.05) is 66.7 Å². The summed E-state index contributed by atoms with van der Waals surface area (Å²) in [4.78, 5) is 25.7. The fourth-order valence-corrected chi connectivity index (χ4v) is 3.73. The predicted molar refractivity (Wildman–Crippen MR) is 140 cm³/mol. The molecular weight excluding hydrogens is 440 g/mol. The van der Waals surface area contributed by atoms with Gasteiger partial charge in [-0.3, -0.25) is 4.90 Å². The van der Waals surface area contributed by atoms with E-state index in [-0.39, 0.29) is 18.4 Å². The zero-order valence-corrected chi connectivity index (χ0v) is 19.6. The molecule has 0 saturated heterocycles. The standard InChI is InChI=1S/C29H26N2O4/c1-3-35-27(28(32)33)17-20-11-13-22(14-12-20)24-9-6-10-26(19-24)31(2)29(34)30-25-16-15-21-7-4-5-8-23(21)18-25/h4-19H,3H2,1-2H3,(H,30,34)(H,32,33)/b27-17-. The number of nitrogens with one attached hydrogen (secondary N) is 1. The number of ether oxygens (including phenoxy) is 1. The first-order valence-electron chi connectivity index (χ1n) is 11.3. The van der Waals surface area contributed by atoms with Gasteiger partial charge < -0.3 is 15.2 Å². The molecule has 0 unspecified atom stereocenters. The number of fused-ring (bicyclic) bond motifs is 1. The van der Waals surface area contributed by atoms with E-state index in [1.807, 2.05) is 91.0 Å². The van der Waals surface area contributed by atoms with Crippen molar-refractivity contribution in [2.24, 2.45) is 0 Å². The van der Waals surface area contributed by atoms with Crippen LogP contribution in [-0.2, 0) is 9.53 Å². The molecule has 176 valence electrons. The van der Waals surface area contributed by atoms with Gasteiger partial charge in [-0.2, -0.15) is 0 Å². The molecule has 0 atom stereocenters. The molecule has 4 rings (SSSR count). The van der Waals surface area contributed by atoms with E-state index in [0.29, 0.717) is 0 Å². The van der Waals surface area contributed by atoms with Crippen LogP contribution in [0.5, 0.6) is 0 Å². The minimum absolute atomic E-state index is 0.0960. The van der Waals surface area contributed by atoms with E-state index < -0.39 is 5.97 Å². The Bertz CT molecular complexity index is 1390. The number of carbonyl (C=O) groups is 2. The molecule has 2 N–H and O–H groups in total. The Morgan fingerprint density at radius 1 is 0.886 bits per heavy atom. The average molecular weight is 467 g/mol. The fraction of sp³-hybridized carbons (Fsp3) is 0.103. The molecule has 0 spiro atoms. The lowest BCUT2D eigenvalue weighted by molar-refractivity contribution is -0.136. The summed E-state index contributed by atoms with van der Waals surface area (Å²) >= 11 is 0. The van der Waals surface area contributed by atoms with Gasteiger partial charge in [-0.05, 0) is 64.7 Å². The molecule has 35 heavy (non-hydrogen) atoms. The Labute approximate surface area is 204 Å². The smallest absolute Gasteiger partial charge is 0.371 e. The van der Waals surface area contributed by atoms with Crippen molar-refractivity contribution in [3.8, 4) is 11.1 Å². The van der Waals surface area contributed by atoms with Gasteiger partial charge >= 0.3 is 12.0 Å². The van der Waals surface area contributed by atoms with Crippen LogP contribution in [0, 0.1) is 0 Å². The summed E-state index contributed by atoms with van der Waals surface area (Å²) in [7, 11) is 1.73. The Kier molecular flexibility index (Phi) is 7.12. The van der Waals surface area contributed by atoms with Crippen molar-refractivity contribution in [2.45, 2.75) is 6.92 Å². The number of anilines is 2. The first kappa shape index (κ1) is 23.6. The van der Waals surface area contributed by atoms with Gasteiger partial charge in [-0.15, -0.1) is 0 Å². The lowest BCUT2D eigenvalue weighted by Gasteiger charge is -2.19. The van der Waals surface area contributed by atoms with E-state index in [2.05, 4.69) is 5.32 Å². The number of carboxylic acid groups (broad SMARTS) is 1. The predicted octanol–water partition coefficient (Wildman–Crippen LogP) is 6.64. The number of urea groups is 1. The number of hydrogen-bond acceptors (Lipinski definition) is 3. The third-order valence-corrected chi connectivity index (χ3v) is 5.59. The van der Waals surface area contributed by atoms with Crippen molar-refractivity contribution < 1.29 is 19.4 Å². The van der Waals surface area contributed by atoms with Crippen LogP contribution < -0.4 is 10.2 Å². The van der Waals surface area contributed by atoms with Gasteiger partial charge in [0, 0.05) is 18.4 Å². The zero-order chi connectivity index (χ0) is 24.8. The van der Waals surface area contributed by atoms with Gasteiger partial charge in [0.1, 0.15) is 0 Å². The minimum Gasteiger partial charge on any atom is -0.487 e. The second-order valence-electron chi connectivity index (χ2n) is 7.97. The van der Waals surface area contributed by atoms with E-state index in [4.69, 9.17) is 4.74 Å². The monoisotopic (exact) mass is 466 g/mol. The molecule has 0 aliphatic rings. The maximum Gasteiger partial charge on any atom is 0.371 e. The maximum absolute atomic E-state index is 12.9. The van der Waals surface area contributed by atoms with E-state index >= 15 is 0 Å². The van der Waals surface area contributed by atoms with Gasteiger partial charge in [0.25, 0.3) is 0 Å². The van der Waals surface area contributed by atoms with E-state index in [1.54, 1.807) is 18.9 Å². The minimum atomic E-state index is -1.10. The quantitative estimate of drug-likeness (QED) is 0.236. The summed E-state index contributed by atoms with van der Waals surface area (Å²) in [5.41, 5.74) is 4.08. The first-order valence-corrected chi connectivity index (χ1v) is 11.3. The van der Waals surface area contributed by atoms with Crippen LogP contribution in [0.4, 0.5) is 16.2 Å². The average Bonchev–Trinajstić information content (AvgIpc) is 2.88. The Morgan fingerprint density at radius 2 is 1.63 bits per heavy atom. The van der Waals surface area contributed by atoms with Gasteiger partial charge in [0.15, 0.2) is 0 Å². The lowest BCUT2D eigenvalue weighted by Crippen LogP contribution is -2.31. The highest BCUT2D eigenvalue weighted by atomic mass is 16.5. The van der Waals surface area contributed by atoms with Gasteiger partial charge in [0.05, 0.1) is 6.61 Å². The summed E-state index contributed by atoms with van der Waals surface area (Å²) in [6.07, 6.45) is 1.50. The van der Waals surface area contributed by atoms with E-state index in [9.17, 15) is 14.7 Å². The molecule has 0 radical (unpaired) electrons. The van der Waals surface area contributed by atoms with Crippen LogP contribution in [0.1, 0.15) is 12.5 Å². The van der Waals surface area contributed by atoms with Crippen molar-refractivity contribution in [1.82, 2.24) is 0 Å². The topological polar surface area (TPSA) is 78.9 Å². The molecule has 6 nitrogen and oxygen atoms in total. The van der Waals surface area contributed by atoms with Crippen molar-refractivity contribution in [2.75, 3.05) is 23.9 Å². The van der Waals surface area contributed by atoms with E-state index in [1.165, 1.54) is 6.08 Å². The second-order valence-corrected chi connectivity index (χ2v) is 7.97. The molecule has 0 bridgehead atoms. The highest BCUT2D eigenvalue weighted by Crippen LogP contribution is 2.26. The van der Waals surface area contributed by atoms with Crippen LogP contribution >= 0.6 is 0 Å². The largest absolute Gasteiger partial charge is 0.487 e. The molecule has 4 aromatic rings. The highest BCUT2D eigenvalue weighted by Gasteiger charge is 2.13. The second kappa shape index (κ2) is 10.6. The fourth-order valence-electron chi connectivity index (χ4n) is 3.73. The van der Waals surface area contributed by atoms with Gasteiger partial charge in [0.2, 0.25) is 5.76 Å². The number of carboxylic acids is 1. The van der Waals surface area contributed by atoms with Crippen molar-refractivity contribution in [1.29, 1.82) is 0 Å². The van der Waals surface area contributed by atoms with Crippen molar-refractivity contribution >= 4 is 40.2 Å². The highest BCUT2D eigenvalue weighted by molar-refractivity contribution is 6.03. The van der Waals surface area contributed by atoms with Gasteiger partial charge in [-0.25, -0.2) is 9.59 Å². The normalized spacial score (nSPS) is 11.2. The molecule has 6 heteroatoms. The molecule has 0 fully saturated rings. The molecule has 0 aromatic heterocycles. The number of hydrogen-bond donors (Lipinski definition) is 2. The summed E-state index contributed by atoms with van der Waals surface area (Å²) < 4.78 is 5.17. The van der Waals surface area contributed by atoms with Crippen LogP contribution in [0.25, 0.3) is 28.0 Å². The number of amides is 2. The Morgan fingerprint density at radius 3 is 2.34 bits per heavy atom. The van der Waals surface area contributed by atoms with E-state index in [0.717, 1.165) is 38.8 Å². The van der Waals surface area contributed by atoms with Crippen molar-refractivity contribution in [3.05, 3.63) is 102 Å². The lowest BCUT2D eigenvalue weighted by atomic mass is 10.0. The molecule has 2 amide bonds. The van der Waals surface area contributed by atoms with Crippen molar-refractivity contribution in [3.63, 3.8) is 0 Å². The number of aliphatic carboxylic acids is 1. The number of benzene rings is 4. The molecular formula is C29H26N2O4. The number of rotatable bonds is 7.